The fourth-order valence-electron chi connectivity index (χ4n) is 1.22. The number of para-hydroxylation sites is 1. The fraction of sp³-hybridized carbons (Fsp3) is 0.250. The highest BCUT2D eigenvalue weighted by molar-refractivity contribution is 5.90. The lowest BCUT2D eigenvalue weighted by molar-refractivity contribution is -0.116. The summed E-state index contributed by atoms with van der Waals surface area (Å²) in [6.45, 7) is 0. The Kier molecular flexibility index (Phi) is 5.19. The number of hydrogen-bond acceptors (Lipinski definition) is 1. The Morgan fingerprint density at radius 3 is 2.56 bits per heavy atom. The molecule has 0 heterocycles. The molecule has 86 valence electrons. The van der Waals surface area contributed by atoms with Crippen LogP contribution in [0.2, 0.25) is 0 Å². The van der Waals surface area contributed by atoms with E-state index in [9.17, 15) is 13.6 Å². The lowest BCUT2D eigenvalue weighted by Crippen LogP contribution is -2.10. The third-order valence-corrected chi connectivity index (χ3v) is 1.96. The summed E-state index contributed by atoms with van der Waals surface area (Å²) in [6.07, 6.45) is 0.0399. The third-order valence-electron chi connectivity index (χ3n) is 1.96. The molecule has 16 heavy (non-hydrogen) atoms. The number of allylic oxidation sites excluding steroid dienone is 1. The molecule has 0 unspecified atom stereocenters. The monoisotopic (exact) mass is 225 g/mol. The number of hydrogen-bond donors (Lipinski definition) is 1. The standard InChI is InChI=1S/C12H13F2NO/c13-11(14)8-4-5-9-12(16)15-10-6-2-1-3-7-10/h1-3,6-8H,4-5,9H2,(H,15,16). The molecule has 0 aliphatic rings. The Labute approximate surface area is 93.0 Å². The minimum absolute atomic E-state index is 0.154. The summed E-state index contributed by atoms with van der Waals surface area (Å²) in [4.78, 5) is 11.3. The number of anilines is 1. The van der Waals surface area contributed by atoms with Gasteiger partial charge in [0, 0.05) is 12.1 Å². The molecule has 1 aromatic rings. The summed E-state index contributed by atoms with van der Waals surface area (Å²) in [5, 5.41) is 2.68. The first-order valence-electron chi connectivity index (χ1n) is 5.04. The lowest BCUT2D eigenvalue weighted by Gasteiger charge is -2.03. The van der Waals surface area contributed by atoms with Crippen LogP contribution in [0.1, 0.15) is 19.3 Å². The van der Waals surface area contributed by atoms with Crippen molar-refractivity contribution in [2.45, 2.75) is 19.3 Å². The van der Waals surface area contributed by atoms with Gasteiger partial charge in [0.25, 0.3) is 6.08 Å². The van der Waals surface area contributed by atoms with E-state index < -0.39 is 6.08 Å². The van der Waals surface area contributed by atoms with Gasteiger partial charge in [-0.15, -0.1) is 0 Å². The summed E-state index contributed by atoms with van der Waals surface area (Å²) < 4.78 is 23.3. The van der Waals surface area contributed by atoms with E-state index in [2.05, 4.69) is 5.32 Å². The summed E-state index contributed by atoms with van der Waals surface area (Å²) in [7, 11) is 0. The van der Waals surface area contributed by atoms with Gasteiger partial charge in [-0.05, 0) is 31.1 Å². The molecule has 0 aliphatic carbocycles. The number of nitrogens with one attached hydrogen (secondary N) is 1. The van der Waals surface area contributed by atoms with Crippen molar-refractivity contribution in [2.24, 2.45) is 0 Å². The highest BCUT2D eigenvalue weighted by atomic mass is 19.3. The van der Waals surface area contributed by atoms with E-state index in [1.807, 2.05) is 18.2 Å². The van der Waals surface area contributed by atoms with Gasteiger partial charge in [-0.25, -0.2) is 0 Å². The zero-order valence-electron chi connectivity index (χ0n) is 8.75. The van der Waals surface area contributed by atoms with Crippen LogP contribution >= 0.6 is 0 Å². The third kappa shape index (κ3) is 5.24. The van der Waals surface area contributed by atoms with Crippen LogP contribution in [0.25, 0.3) is 0 Å². The molecule has 0 bridgehead atoms. The molecule has 2 nitrogen and oxygen atoms in total. The van der Waals surface area contributed by atoms with Crippen LogP contribution in [0.5, 0.6) is 0 Å². The first kappa shape index (κ1) is 12.4. The van der Waals surface area contributed by atoms with Crippen LogP contribution in [0.3, 0.4) is 0 Å². The lowest BCUT2D eigenvalue weighted by atomic mass is 10.2. The van der Waals surface area contributed by atoms with Crippen LogP contribution in [-0.2, 0) is 4.79 Å². The van der Waals surface area contributed by atoms with Crippen LogP contribution in [0.15, 0.2) is 42.5 Å². The van der Waals surface area contributed by atoms with Gasteiger partial charge < -0.3 is 5.32 Å². The van der Waals surface area contributed by atoms with E-state index in [1.165, 1.54) is 0 Å². The zero-order valence-corrected chi connectivity index (χ0v) is 8.75. The maximum absolute atomic E-state index is 11.7. The van der Waals surface area contributed by atoms with Gasteiger partial charge in [-0.3, -0.25) is 4.79 Å². The Morgan fingerprint density at radius 2 is 1.94 bits per heavy atom. The molecule has 0 saturated heterocycles. The summed E-state index contributed by atoms with van der Waals surface area (Å²) in [6, 6.07) is 9.04. The largest absolute Gasteiger partial charge is 0.326 e. The number of carbonyl (C=O) groups excluding carboxylic acids is 1. The Morgan fingerprint density at radius 1 is 1.25 bits per heavy atom. The van der Waals surface area contributed by atoms with E-state index >= 15 is 0 Å². The van der Waals surface area contributed by atoms with Crippen LogP contribution in [0, 0.1) is 0 Å². The molecule has 1 rings (SSSR count). The Bertz CT molecular complexity index is 359. The number of unbranched alkanes of at least 4 members (excludes halogenated alkanes) is 1. The molecule has 1 aromatic carbocycles. The minimum atomic E-state index is -1.69. The SMILES string of the molecule is O=C(CCCC=C(F)F)Nc1ccccc1. The molecule has 0 radical (unpaired) electrons. The average molecular weight is 225 g/mol. The smallest absolute Gasteiger partial charge is 0.266 e. The molecule has 0 aliphatic heterocycles. The predicted molar refractivity (Wildman–Crippen MR) is 59.2 cm³/mol. The molecule has 0 spiro atoms. The molecule has 4 heteroatoms. The second kappa shape index (κ2) is 6.71. The van der Waals surface area contributed by atoms with Crippen LogP contribution < -0.4 is 5.32 Å². The minimum Gasteiger partial charge on any atom is -0.326 e. The van der Waals surface area contributed by atoms with Gasteiger partial charge in [-0.1, -0.05) is 18.2 Å². The zero-order chi connectivity index (χ0) is 11.8. The quantitative estimate of drug-likeness (QED) is 0.762. The molecule has 0 atom stereocenters. The maximum Gasteiger partial charge on any atom is 0.266 e. The normalized spacial score (nSPS) is 9.62. The van der Waals surface area contributed by atoms with Gasteiger partial charge >= 0.3 is 0 Å². The number of halogens is 2. The van der Waals surface area contributed by atoms with Crippen molar-refractivity contribution in [1.29, 1.82) is 0 Å². The van der Waals surface area contributed by atoms with E-state index in [0.29, 0.717) is 6.42 Å². The van der Waals surface area contributed by atoms with Gasteiger partial charge in [0.2, 0.25) is 5.91 Å². The maximum atomic E-state index is 11.7. The number of rotatable bonds is 5. The second-order valence-electron chi connectivity index (χ2n) is 3.30. The molecule has 1 N–H and O–H groups in total. The number of benzene rings is 1. The Hall–Kier alpha value is -1.71. The first-order valence-corrected chi connectivity index (χ1v) is 5.04. The highest BCUT2D eigenvalue weighted by Gasteiger charge is 2.00. The first-order chi connectivity index (χ1) is 7.68. The molecule has 0 aromatic heterocycles. The van der Waals surface area contributed by atoms with Gasteiger partial charge in [0.05, 0.1) is 0 Å². The van der Waals surface area contributed by atoms with E-state index in [4.69, 9.17) is 0 Å². The van der Waals surface area contributed by atoms with E-state index in [1.54, 1.807) is 12.1 Å². The molecule has 0 fully saturated rings. The van der Waals surface area contributed by atoms with Crippen molar-refractivity contribution in [2.75, 3.05) is 5.32 Å². The van der Waals surface area contributed by atoms with Crippen molar-refractivity contribution >= 4 is 11.6 Å². The van der Waals surface area contributed by atoms with E-state index in [-0.39, 0.29) is 18.7 Å². The summed E-state index contributed by atoms with van der Waals surface area (Å²) >= 11 is 0. The fourth-order valence-corrected chi connectivity index (χ4v) is 1.22. The van der Waals surface area contributed by atoms with Crippen molar-refractivity contribution in [3.8, 4) is 0 Å². The molecular formula is C12H13F2NO. The molecule has 1 amide bonds. The van der Waals surface area contributed by atoms with Crippen LogP contribution in [-0.4, -0.2) is 5.91 Å². The van der Waals surface area contributed by atoms with Gasteiger partial charge in [0.1, 0.15) is 0 Å². The van der Waals surface area contributed by atoms with Gasteiger partial charge in [-0.2, -0.15) is 8.78 Å². The summed E-state index contributed by atoms with van der Waals surface area (Å²) in [5.74, 6) is -0.154. The number of carbonyl (C=O) groups is 1. The summed E-state index contributed by atoms with van der Waals surface area (Å²) in [5.41, 5.74) is 0.722. The average Bonchev–Trinajstić information content (AvgIpc) is 2.25. The van der Waals surface area contributed by atoms with Gasteiger partial charge in [0.15, 0.2) is 0 Å². The number of amides is 1. The van der Waals surface area contributed by atoms with Crippen molar-refractivity contribution in [3.63, 3.8) is 0 Å². The van der Waals surface area contributed by atoms with E-state index in [0.717, 1.165) is 11.8 Å². The molecule has 0 saturated carbocycles. The highest BCUT2D eigenvalue weighted by Crippen LogP contribution is 2.08. The van der Waals surface area contributed by atoms with Crippen molar-refractivity contribution in [3.05, 3.63) is 42.5 Å². The van der Waals surface area contributed by atoms with Crippen molar-refractivity contribution < 1.29 is 13.6 Å². The van der Waals surface area contributed by atoms with Crippen molar-refractivity contribution in [1.82, 2.24) is 0 Å². The molecular weight excluding hydrogens is 212 g/mol. The predicted octanol–water partition coefficient (Wildman–Crippen LogP) is 3.58. The van der Waals surface area contributed by atoms with Crippen LogP contribution in [0.4, 0.5) is 14.5 Å². The Balaban J connectivity index is 2.24. The second-order valence-corrected chi connectivity index (χ2v) is 3.30. The topological polar surface area (TPSA) is 29.1 Å².